The van der Waals surface area contributed by atoms with Gasteiger partial charge >= 0.3 is 0 Å². The lowest BCUT2D eigenvalue weighted by Gasteiger charge is -2.00. The summed E-state index contributed by atoms with van der Waals surface area (Å²) in [5, 5.41) is 3.52. The second-order valence-corrected chi connectivity index (χ2v) is 7.72. The Morgan fingerprint density at radius 1 is 1.47 bits per heavy atom. The van der Waals surface area contributed by atoms with E-state index in [9.17, 15) is 4.79 Å². The average Bonchev–Trinajstić information content (AvgIpc) is 2.93. The molecule has 2 aromatic heterocycles. The first-order valence-corrected chi connectivity index (χ1v) is 8.87. The normalized spacial score (nSPS) is 10.7. The van der Waals surface area contributed by atoms with Gasteiger partial charge in [0.15, 0.2) is 5.13 Å². The van der Waals surface area contributed by atoms with E-state index in [-0.39, 0.29) is 5.91 Å². The SMILES string of the molecule is CSc1sc(NC(=O)CCc2ccc(Cl)s2)nc1C. The van der Waals surface area contributed by atoms with E-state index in [1.807, 2.05) is 25.3 Å². The summed E-state index contributed by atoms with van der Waals surface area (Å²) in [7, 11) is 0. The van der Waals surface area contributed by atoms with Gasteiger partial charge in [-0.05, 0) is 31.7 Å². The number of rotatable bonds is 5. The Bertz CT molecular complexity index is 579. The predicted molar refractivity (Wildman–Crippen MR) is 84.9 cm³/mol. The summed E-state index contributed by atoms with van der Waals surface area (Å²) in [6.45, 7) is 1.95. The Hall–Kier alpha value is -0.560. The molecular formula is C12H13ClN2OS3. The Labute approximate surface area is 129 Å². The molecule has 0 unspecified atom stereocenters. The van der Waals surface area contributed by atoms with Crippen molar-refractivity contribution in [1.29, 1.82) is 0 Å². The van der Waals surface area contributed by atoms with Crippen LogP contribution in [0.5, 0.6) is 0 Å². The van der Waals surface area contributed by atoms with Crippen molar-refractivity contribution >= 4 is 57.1 Å². The molecule has 0 saturated heterocycles. The molecule has 0 aliphatic rings. The smallest absolute Gasteiger partial charge is 0.226 e. The van der Waals surface area contributed by atoms with Crippen molar-refractivity contribution in [3.05, 3.63) is 27.0 Å². The van der Waals surface area contributed by atoms with Crippen LogP contribution in [0.15, 0.2) is 16.3 Å². The molecule has 2 aromatic rings. The van der Waals surface area contributed by atoms with Gasteiger partial charge in [0.2, 0.25) is 5.91 Å². The zero-order valence-corrected chi connectivity index (χ0v) is 13.7. The Kier molecular flexibility index (Phi) is 5.27. The summed E-state index contributed by atoms with van der Waals surface area (Å²) in [6.07, 6.45) is 3.17. The molecule has 0 radical (unpaired) electrons. The first-order chi connectivity index (χ1) is 9.08. The van der Waals surface area contributed by atoms with Crippen molar-refractivity contribution in [3.8, 4) is 0 Å². The van der Waals surface area contributed by atoms with E-state index in [0.717, 1.165) is 19.1 Å². The number of carbonyl (C=O) groups is 1. The molecule has 0 bridgehead atoms. The number of halogens is 1. The number of aryl methyl sites for hydroxylation is 2. The predicted octanol–water partition coefficient (Wildman–Crippen LogP) is 4.46. The van der Waals surface area contributed by atoms with Gasteiger partial charge in [0.05, 0.1) is 14.2 Å². The van der Waals surface area contributed by atoms with E-state index >= 15 is 0 Å². The quantitative estimate of drug-likeness (QED) is 0.822. The van der Waals surface area contributed by atoms with Crippen LogP contribution >= 0.6 is 46.0 Å². The van der Waals surface area contributed by atoms with E-state index < -0.39 is 0 Å². The van der Waals surface area contributed by atoms with Gasteiger partial charge < -0.3 is 5.32 Å². The number of thiazole rings is 1. The number of hydrogen-bond donors (Lipinski definition) is 1. The summed E-state index contributed by atoms with van der Waals surface area (Å²) in [5.41, 5.74) is 0.970. The molecule has 0 atom stereocenters. The highest BCUT2D eigenvalue weighted by Gasteiger charge is 2.10. The second-order valence-electron chi connectivity index (χ2n) is 3.85. The summed E-state index contributed by atoms with van der Waals surface area (Å²) in [5.74, 6) is -0.00840. The van der Waals surface area contributed by atoms with Crippen LogP contribution in [0.25, 0.3) is 0 Å². The monoisotopic (exact) mass is 332 g/mol. The van der Waals surface area contributed by atoms with E-state index in [0.29, 0.717) is 18.0 Å². The van der Waals surface area contributed by atoms with Gasteiger partial charge in [0.25, 0.3) is 0 Å². The minimum atomic E-state index is -0.00840. The molecule has 0 saturated carbocycles. The van der Waals surface area contributed by atoms with Gasteiger partial charge in [0.1, 0.15) is 0 Å². The number of thioether (sulfide) groups is 1. The molecular weight excluding hydrogens is 320 g/mol. The van der Waals surface area contributed by atoms with Crippen molar-refractivity contribution in [2.75, 3.05) is 11.6 Å². The molecule has 1 N–H and O–H groups in total. The summed E-state index contributed by atoms with van der Waals surface area (Å²) >= 11 is 10.5. The molecule has 2 rings (SSSR count). The topological polar surface area (TPSA) is 42.0 Å². The maximum atomic E-state index is 11.8. The highest BCUT2D eigenvalue weighted by Crippen LogP contribution is 2.30. The van der Waals surface area contributed by atoms with Crippen molar-refractivity contribution in [2.45, 2.75) is 24.0 Å². The van der Waals surface area contributed by atoms with Crippen LogP contribution in [0.3, 0.4) is 0 Å². The third kappa shape index (κ3) is 4.21. The first-order valence-electron chi connectivity index (χ1n) is 5.64. The van der Waals surface area contributed by atoms with E-state index in [1.54, 1.807) is 11.8 Å². The molecule has 102 valence electrons. The molecule has 0 fully saturated rings. The number of nitrogens with one attached hydrogen (secondary N) is 1. The largest absolute Gasteiger partial charge is 0.302 e. The summed E-state index contributed by atoms with van der Waals surface area (Å²) in [4.78, 5) is 17.3. The highest BCUT2D eigenvalue weighted by atomic mass is 35.5. The van der Waals surface area contributed by atoms with Gasteiger partial charge in [-0.25, -0.2) is 4.98 Å². The lowest BCUT2D eigenvalue weighted by atomic mass is 10.2. The lowest BCUT2D eigenvalue weighted by Crippen LogP contribution is -2.11. The number of thiophene rings is 1. The van der Waals surface area contributed by atoms with E-state index in [4.69, 9.17) is 11.6 Å². The van der Waals surface area contributed by atoms with Crippen molar-refractivity contribution < 1.29 is 4.79 Å². The van der Waals surface area contributed by atoms with Gasteiger partial charge in [-0.1, -0.05) is 22.9 Å². The van der Waals surface area contributed by atoms with E-state index in [2.05, 4.69) is 10.3 Å². The number of amides is 1. The summed E-state index contributed by atoms with van der Waals surface area (Å²) in [6, 6.07) is 3.81. The van der Waals surface area contributed by atoms with Crippen LogP contribution in [0.1, 0.15) is 17.0 Å². The minimum Gasteiger partial charge on any atom is -0.302 e. The standard InChI is InChI=1S/C12H13ClN2OS3/c1-7-11(17-2)19-12(14-7)15-10(16)6-4-8-3-5-9(13)18-8/h3,5H,4,6H2,1-2H3,(H,14,15,16). The third-order valence-corrected chi connectivity index (χ3v) is 5.99. The van der Waals surface area contributed by atoms with Crippen LogP contribution in [0.2, 0.25) is 4.34 Å². The van der Waals surface area contributed by atoms with E-state index in [1.165, 1.54) is 22.7 Å². The van der Waals surface area contributed by atoms with Gasteiger partial charge in [0, 0.05) is 11.3 Å². The number of hydrogen-bond acceptors (Lipinski definition) is 5. The summed E-state index contributed by atoms with van der Waals surface area (Å²) < 4.78 is 1.90. The Balaban J connectivity index is 1.86. The van der Waals surface area contributed by atoms with Crippen molar-refractivity contribution in [3.63, 3.8) is 0 Å². The number of nitrogens with zero attached hydrogens (tertiary/aromatic N) is 1. The number of anilines is 1. The molecule has 2 heterocycles. The van der Waals surface area contributed by atoms with Crippen LogP contribution < -0.4 is 5.32 Å². The van der Waals surface area contributed by atoms with Crippen molar-refractivity contribution in [2.24, 2.45) is 0 Å². The van der Waals surface area contributed by atoms with Crippen LogP contribution in [0.4, 0.5) is 5.13 Å². The Morgan fingerprint density at radius 2 is 2.26 bits per heavy atom. The zero-order valence-electron chi connectivity index (χ0n) is 10.5. The average molecular weight is 333 g/mol. The molecule has 0 spiro atoms. The molecule has 0 aliphatic heterocycles. The lowest BCUT2D eigenvalue weighted by molar-refractivity contribution is -0.116. The van der Waals surface area contributed by atoms with Crippen LogP contribution in [-0.4, -0.2) is 17.1 Å². The molecule has 3 nitrogen and oxygen atoms in total. The van der Waals surface area contributed by atoms with Crippen molar-refractivity contribution in [1.82, 2.24) is 4.98 Å². The van der Waals surface area contributed by atoms with Crippen LogP contribution in [-0.2, 0) is 11.2 Å². The number of aromatic nitrogens is 1. The minimum absolute atomic E-state index is 0.00840. The van der Waals surface area contributed by atoms with Gasteiger partial charge in [-0.3, -0.25) is 4.79 Å². The van der Waals surface area contributed by atoms with Crippen LogP contribution in [0, 0.1) is 6.92 Å². The fraction of sp³-hybridized carbons (Fsp3) is 0.333. The zero-order chi connectivity index (χ0) is 13.8. The molecule has 0 aromatic carbocycles. The molecule has 1 amide bonds. The Morgan fingerprint density at radius 3 is 2.84 bits per heavy atom. The fourth-order valence-electron chi connectivity index (χ4n) is 1.53. The van der Waals surface area contributed by atoms with Gasteiger partial charge in [-0.15, -0.1) is 23.1 Å². The maximum Gasteiger partial charge on any atom is 0.226 e. The fourth-order valence-corrected chi connectivity index (χ4v) is 4.24. The van der Waals surface area contributed by atoms with Gasteiger partial charge in [-0.2, -0.15) is 0 Å². The molecule has 19 heavy (non-hydrogen) atoms. The third-order valence-electron chi connectivity index (χ3n) is 2.41. The number of carbonyl (C=O) groups excluding carboxylic acids is 1. The highest BCUT2D eigenvalue weighted by molar-refractivity contribution is 8.00. The maximum absolute atomic E-state index is 11.8. The molecule has 0 aliphatic carbocycles. The first kappa shape index (κ1) is 14.8. The second kappa shape index (κ2) is 6.74. The molecule has 7 heteroatoms.